The summed E-state index contributed by atoms with van der Waals surface area (Å²) in [4.78, 5) is 7.35. The predicted molar refractivity (Wildman–Crippen MR) is 57.4 cm³/mol. The van der Waals surface area contributed by atoms with Gasteiger partial charge in [-0.1, -0.05) is 17.7 Å². The number of nitrogens with zero attached hydrogens (tertiary/aromatic N) is 2. The largest absolute Gasteiger partial charge is 0.419 e. The van der Waals surface area contributed by atoms with E-state index in [1.807, 2.05) is 0 Å². The van der Waals surface area contributed by atoms with E-state index < -0.39 is 17.6 Å². The van der Waals surface area contributed by atoms with Crippen molar-refractivity contribution in [2.24, 2.45) is 0 Å². The first-order valence-electron chi connectivity index (χ1n) is 4.72. The van der Waals surface area contributed by atoms with Gasteiger partial charge in [-0.3, -0.25) is 0 Å². The zero-order chi connectivity index (χ0) is 13.3. The van der Waals surface area contributed by atoms with E-state index in [4.69, 9.17) is 11.6 Å². The third-order valence-corrected chi connectivity index (χ3v) is 2.55. The molecular formula is C11H5ClF4N2. The van der Waals surface area contributed by atoms with E-state index in [-0.39, 0.29) is 16.3 Å². The van der Waals surface area contributed by atoms with Crippen LogP contribution in [0.4, 0.5) is 17.6 Å². The summed E-state index contributed by atoms with van der Waals surface area (Å²) in [6.07, 6.45) is -2.23. The molecule has 0 saturated heterocycles. The van der Waals surface area contributed by atoms with Crippen molar-refractivity contribution in [2.45, 2.75) is 6.18 Å². The van der Waals surface area contributed by atoms with E-state index in [0.717, 1.165) is 12.1 Å². The molecule has 2 aromatic rings. The molecule has 94 valence electrons. The Bertz CT molecular complexity index is 583. The number of halogens is 5. The average molecular weight is 277 g/mol. The molecule has 2 nitrogen and oxygen atoms in total. The van der Waals surface area contributed by atoms with Crippen LogP contribution < -0.4 is 0 Å². The summed E-state index contributed by atoms with van der Waals surface area (Å²) in [5.41, 5.74) is -0.864. The van der Waals surface area contributed by atoms with E-state index in [1.54, 1.807) is 0 Å². The Morgan fingerprint density at radius 1 is 1.17 bits per heavy atom. The fourth-order valence-electron chi connectivity index (χ4n) is 1.42. The Morgan fingerprint density at radius 3 is 2.44 bits per heavy atom. The molecule has 0 bridgehead atoms. The highest BCUT2D eigenvalue weighted by atomic mass is 35.5. The highest BCUT2D eigenvalue weighted by Crippen LogP contribution is 2.34. The Morgan fingerprint density at radius 2 is 1.89 bits per heavy atom. The van der Waals surface area contributed by atoms with Crippen LogP contribution >= 0.6 is 11.6 Å². The SMILES string of the molecule is Fc1cc(-c2cncnc2Cl)ccc1C(F)(F)F. The quantitative estimate of drug-likeness (QED) is 0.582. The van der Waals surface area contributed by atoms with Gasteiger partial charge < -0.3 is 0 Å². The van der Waals surface area contributed by atoms with E-state index >= 15 is 0 Å². The molecule has 0 spiro atoms. The van der Waals surface area contributed by atoms with Gasteiger partial charge in [0.05, 0.1) is 5.56 Å². The Labute approximate surface area is 104 Å². The third kappa shape index (κ3) is 2.43. The van der Waals surface area contributed by atoms with Crippen LogP contribution in [0.1, 0.15) is 5.56 Å². The number of aromatic nitrogens is 2. The van der Waals surface area contributed by atoms with Crippen molar-refractivity contribution in [3.63, 3.8) is 0 Å². The second-order valence-corrected chi connectivity index (χ2v) is 3.78. The van der Waals surface area contributed by atoms with Crippen molar-refractivity contribution >= 4 is 11.6 Å². The zero-order valence-electron chi connectivity index (χ0n) is 8.67. The maximum Gasteiger partial charge on any atom is 0.419 e. The molecule has 18 heavy (non-hydrogen) atoms. The lowest BCUT2D eigenvalue weighted by Gasteiger charge is -2.09. The van der Waals surface area contributed by atoms with Gasteiger partial charge in [-0.25, -0.2) is 14.4 Å². The lowest BCUT2D eigenvalue weighted by Crippen LogP contribution is -2.07. The lowest BCUT2D eigenvalue weighted by molar-refractivity contribution is -0.139. The number of rotatable bonds is 1. The van der Waals surface area contributed by atoms with Crippen molar-refractivity contribution in [2.75, 3.05) is 0 Å². The van der Waals surface area contributed by atoms with Gasteiger partial charge in [-0.05, 0) is 17.7 Å². The van der Waals surface area contributed by atoms with Crippen LogP contribution in [0.5, 0.6) is 0 Å². The maximum absolute atomic E-state index is 13.4. The topological polar surface area (TPSA) is 25.8 Å². The van der Waals surface area contributed by atoms with Crippen LogP contribution in [0.25, 0.3) is 11.1 Å². The minimum absolute atomic E-state index is 0.0455. The van der Waals surface area contributed by atoms with E-state index in [1.165, 1.54) is 12.5 Å². The van der Waals surface area contributed by atoms with Crippen LogP contribution in [-0.4, -0.2) is 9.97 Å². The third-order valence-electron chi connectivity index (χ3n) is 2.25. The van der Waals surface area contributed by atoms with Crippen LogP contribution in [-0.2, 0) is 6.18 Å². The normalized spacial score (nSPS) is 11.6. The maximum atomic E-state index is 13.4. The van der Waals surface area contributed by atoms with Gasteiger partial charge in [0.2, 0.25) is 0 Å². The second-order valence-electron chi connectivity index (χ2n) is 3.42. The fourth-order valence-corrected chi connectivity index (χ4v) is 1.62. The second kappa shape index (κ2) is 4.53. The molecule has 1 aromatic carbocycles. The molecule has 0 aliphatic rings. The number of hydrogen-bond donors (Lipinski definition) is 0. The first kappa shape index (κ1) is 12.8. The van der Waals surface area contributed by atoms with Gasteiger partial charge in [0, 0.05) is 11.8 Å². The van der Waals surface area contributed by atoms with E-state index in [9.17, 15) is 17.6 Å². The number of alkyl halides is 3. The highest BCUT2D eigenvalue weighted by molar-refractivity contribution is 6.32. The lowest BCUT2D eigenvalue weighted by atomic mass is 10.1. The highest BCUT2D eigenvalue weighted by Gasteiger charge is 2.34. The number of hydrogen-bond acceptors (Lipinski definition) is 2. The predicted octanol–water partition coefficient (Wildman–Crippen LogP) is 3.95. The summed E-state index contributed by atoms with van der Waals surface area (Å²) in [5, 5.41) is 0.0455. The molecule has 0 aliphatic heterocycles. The van der Waals surface area contributed by atoms with E-state index in [0.29, 0.717) is 6.07 Å². The number of benzene rings is 1. The monoisotopic (exact) mass is 276 g/mol. The standard InChI is InChI=1S/C11H5ClF4N2/c12-10-7(4-17-5-18-10)6-1-2-8(9(13)3-6)11(14,15)16/h1-5H. The van der Waals surface area contributed by atoms with Crippen molar-refractivity contribution in [1.82, 2.24) is 9.97 Å². The Kier molecular flexibility index (Phi) is 3.21. The first-order chi connectivity index (χ1) is 8.39. The zero-order valence-corrected chi connectivity index (χ0v) is 9.43. The molecule has 1 aromatic heterocycles. The van der Waals surface area contributed by atoms with Crippen LogP contribution in [0.15, 0.2) is 30.7 Å². The van der Waals surface area contributed by atoms with Gasteiger partial charge in [0.25, 0.3) is 0 Å². The summed E-state index contributed by atoms with van der Waals surface area (Å²) < 4.78 is 50.5. The summed E-state index contributed by atoms with van der Waals surface area (Å²) in [6, 6.07) is 2.54. The molecule has 0 aliphatic carbocycles. The Balaban J connectivity index is 2.51. The van der Waals surface area contributed by atoms with Gasteiger partial charge in [0.15, 0.2) is 0 Å². The summed E-state index contributed by atoms with van der Waals surface area (Å²) in [5.74, 6) is -1.36. The molecule has 0 amide bonds. The molecule has 0 unspecified atom stereocenters. The van der Waals surface area contributed by atoms with Gasteiger partial charge in [-0.2, -0.15) is 13.2 Å². The van der Waals surface area contributed by atoms with Crippen molar-refractivity contribution in [3.05, 3.63) is 47.3 Å². The summed E-state index contributed by atoms with van der Waals surface area (Å²) >= 11 is 5.75. The molecule has 0 fully saturated rings. The molecular weight excluding hydrogens is 272 g/mol. The molecule has 0 N–H and O–H groups in total. The summed E-state index contributed by atoms with van der Waals surface area (Å²) in [7, 11) is 0. The smallest absolute Gasteiger partial charge is 0.244 e. The van der Waals surface area contributed by atoms with Crippen molar-refractivity contribution in [3.8, 4) is 11.1 Å². The van der Waals surface area contributed by atoms with Gasteiger partial charge in [0.1, 0.15) is 17.3 Å². The minimum Gasteiger partial charge on any atom is -0.244 e. The first-order valence-corrected chi connectivity index (χ1v) is 5.10. The molecule has 7 heteroatoms. The minimum atomic E-state index is -4.72. The van der Waals surface area contributed by atoms with Crippen molar-refractivity contribution in [1.29, 1.82) is 0 Å². The van der Waals surface area contributed by atoms with Crippen LogP contribution in [0, 0.1) is 5.82 Å². The molecule has 0 atom stereocenters. The average Bonchev–Trinajstić information content (AvgIpc) is 2.27. The molecule has 2 rings (SSSR count). The molecule has 1 heterocycles. The molecule has 0 saturated carbocycles. The van der Waals surface area contributed by atoms with E-state index in [2.05, 4.69) is 9.97 Å². The van der Waals surface area contributed by atoms with Crippen molar-refractivity contribution < 1.29 is 17.6 Å². The van der Waals surface area contributed by atoms with Crippen LogP contribution in [0.3, 0.4) is 0 Å². The van der Waals surface area contributed by atoms with Crippen LogP contribution in [0.2, 0.25) is 5.15 Å². The summed E-state index contributed by atoms with van der Waals surface area (Å²) in [6.45, 7) is 0. The fraction of sp³-hybridized carbons (Fsp3) is 0.0909. The Hall–Kier alpha value is -1.69. The van der Waals surface area contributed by atoms with Gasteiger partial charge >= 0.3 is 6.18 Å². The van der Waals surface area contributed by atoms with Gasteiger partial charge in [-0.15, -0.1) is 0 Å². The molecule has 0 radical (unpaired) electrons.